The van der Waals surface area contributed by atoms with Crippen LogP contribution in [0.4, 0.5) is 0 Å². The molecule has 4 N–H and O–H groups in total. The van der Waals surface area contributed by atoms with E-state index in [9.17, 15) is 14.7 Å². The molecular formula is C21H28ClN3O3. The maximum atomic E-state index is 12.8. The second kappa shape index (κ2) is 9.42. The molecule has 0 radical (unpaired) electrons. The van der Waals surface area contributed by atoms with Crippen LogP contribution in [0.2, 0.25) is 5.02 Å². The second-order valence-corrected chi connectivity index (χ2v) is 7.92. The second-order valence-electron chi connectivity index (χ2n) is 7.49. The minimum absolute atomic E-state index is 0.0337. The van der Waals surface area contributed by atoms with E-state index in [0.717, 1.165) is 11.1 Å². The number of nitrogens with zero attached hydrogens (tertiary/aromatic N) is 1. The minimum Gasteiger partial charge on any atom is -0.370 e. The summed E-state index contributed by atoms with van der Waals surface area (Å²) in [4.78, 5) is 26.9. The number of likely N-dealkylation sites (tertiary alicyclic amines) is 1. The van der Waals surface area contributed by atoms with Crippen LogP contribution < -0.4 is 11.1 Å². The Morgan fingerprint density at radius 2 is 2.14 bits per heavy atom. The molecule has 0 saturated carbocycles. The van der Waals surface area contributed by atoms with Gasteiger partial charge in [-0.05, 0) is 43.0 Å². The van der Waals surface area contributed by atoms with Crippen molar-refractivity contribution >= 4 is 23.4 Å². The van der Waals surface area contributed by atoms with Gasteiger partial charge in [-0.1, -0.05) is 43.4 Å². The van der Waals surface area contributed by atoms with Crippen molar-refractivity contribution in [2.45, 2.75) is 58.3 Å². The van der Waals surface area contributed by atoms with Gasteiger partial charge in [0.25, 0.3) is 5.91 Å². The van der Waals surface area contributed by atoms with Crippen molar-refractivity contribution in [1.82, 2.24) is 10.2 Å². The molecule has 1 aromatic rings. The van der Waals surface area contributed by atoms with E-state index in [4.69, 9.17) is 17.3 Å². The van der Waals surface area contributed by atoms with Gasteiger partial charge in [-0.25, -0.2) is 0 Å². The molecule has 6 nitrogen and oxygen atoms in total. The first-order valence-electron chi connectivity index (χ1n) is 9.47. The highest BCUT2D eigenvalue weighted by Gasteiger charge is 2.41. The maximum Gasteiger partial charge on any atom is 0.267 e. The number of hydrogen-bond acceptors (Lipinski definition) is 4. The fourth-order valence-corrected chi connectivity index (χ4v) is 3.35. The first-order chi connectivity index (χ1) is 13.2. The number of hydrogen-bond donors (Lipinski definition) is 3. The van der Waals surface area contributed by atoms with Gasteiger partial charge >= 0.3 is 0 Å². The lowest BCUT2D eigenvalue weighted by atomic mass is 10.0. The van der Waals surface area contributed by atoms with Gasteiger partial charge < -0.3 is 21.1 Å². The van der Waals surface area contributed by atoms with Crippen LogP contribution in [-0.2, 0) is 22.7 Å². The minimum atomic E-state index is -1.81. The Morgan fingerprint density at radius 3 is 2.79 bits per heavy atom. The molecule has 0 aromatic heterocycles. The van der Waals surface area contributed by atoms with Crippen LogP contribution in [-0.4, -0.2) is 40.0 Å². The number of aliphatic hydroxyl groups is 1. The Hall–Kier alpha value is -2.07. The molecule has 1 heterocycles. The van der Waals surface area contributed by atoms with E-state index < -0.39 is 17.6 Å². The van der Waals surface area contributed by atoms with E-state index in [1.165, 1.54) is 11.8 Å². The molecule has 28 heavy (non-hydrogen) atoms. The lowest BCUT2D eigenvalue weighted by Gasteiger charge is -2.29. The number of nitrogens with one attached hydrogen (secondary N) is 1. The number of carbonyl (C=O) groups excluding carboxylic acids is 2. The molecule has 0 bridgehead atoms. The third-order valence-electron chi connectivity index (χ3n) is 4.68. The molecule has 7 heteroatoms. The van der Waals surface area contributed by atoms with Gasteiger partial charge in [0.15, 0.2) is 0 Å². The van der Waals surface area contributed by atoms with Crippen LogP contribution in [0.25, 0.3) is 0 Å². The molecule has 1 unspecified atom stereocenters. The van der Waals surface area contributed by atoms with E-state index in [1.54, 1.807) is 12.1 Å². The number of carbonyl (C=O) groups is 2. The number of halogens is 1. The van der Waals surface area contributed by atoms with Crippen molar-refractivity contribution in [2.24, 2.45) is 11.7 Å². The molecule has 1 fully saturated rings. The van der Waals surface area contributed by atoms with Crippen molar-refractivity contribution < 1.29 is 14.7 Å². The fraction of sp³-hybridized carbons (Fsp3) is 0.524. The van der Waals surface area contributed by atoms with E-state index in [0.29, 0.717) is 31.0 Å². The molecule has 1 aliphatic rings. The summed E-state index contributed by atoms with van der Waals surface area (Å²) in [6, 6.07) is 4.74. The summed E-state index contributed by atoms with van der Waals surface area (Å²) in [5.74, 6) is 4.69. The van der Waals surface area contributed by atoms with Crippen LogP contribution in [0.15, 0.2) is 18.2 Å². The smallest absolute Gasteiger partial charge is 0.267 e. The Balaban J connectivity index is 2.08. The first kappa shape index (κ1) is 22.2. The third kappa shape index (κ3) is 5.48. The average Bonchev–Trinajstić information content (AvgIpc) is 3.13. The zero-order valence-corrected chi connectivity index (χ0v) is 17.3. The number of nitrogens with two attached hydrogens (primary N) is 1. The van der Waals surface area contributed by atoms with Crippen molar-refractivity contribution in [3.63, 3.8) is 0 Å². The molecule has 0 aliphatic carbocycles. The van der Waals surface area contributed by atoms with Crippen molar-refractivity contribution in [3.8, 4) is 11.8 Å². The van der Waals surface area contributed by atoms with Gasteiger partial charge in [-0.15, -0.1) is 0 Å². The van der Waals surface area contributed by atoms with E-state index in [1.807, 2.05) is 19.9 Å². The molecule has 2 rings (SSSR count). The van der Waals surface area contributed by atoms with E-state index in [-0.39, 0.29) is 18.4 Å². The first-order valence-corrected chi connectivity index (χ1v) is 9.84. The van der Waals surface area contributed by atoms with E-state index >= 15 is 0 Å². The van der Waals surface area contributed by atoms with Crippen LogP contribution in [0, 0.1) is 17.8 Å². The van der Waals surface area contributed by atoms with E-state index in [2.05, 4.69) is 17.2 Å². The Bertz CT molecular complexity index is 796. The molecule has 1 saturated heterocycles. The molecular weight excluding hydrogens is 378 g/mol. The van der Waals surface area contributed by atoms with Gasteiger partial charge in [0.05, 0.1) is 0 Å². The topological polar surface area (TPSA) is 95.7 Å². The molecule has 2 amide bonds. The Morgan fingerprint density at radius 1 is 1.43 bits per heavy atom. The molecule has 152 valence electrons. The molecule has 1 aromatic carbocycles. The average molecular weight is 406 g/mol. The fourth-order valence-electron chi connectivity index (χ4n) is 3.16. The normalized spacial score (nSPS) is 18.4. The van der Waals surface area contributed by atoms with Gasteiger partial charge in [0.1, 0.15) is 6.04 Å². The molecule has 1 aliphatic heterocycles. The summed E-state index contributed by atoms with van der Waals surface area (Å²) in [7, 11) is 0. The highest BCUT2D eigenvalue weighted by atomic mass is 35.5. The third-order valence-corrected chi connectivity index (χ3v) is 4.91. The molecule has 0 spiro atoms. The quantitative estimate of drug-likeness (QED) is 0.651. The summed E-state index contributed by atoms with van der Waals surface area (Å²) in [5.41, 5.74) is 5.67. The van der Waals surface area contributed by atoms with Crippen molar-refractivity contribution in [3.05, 3.63) is 34.3 Å². The van der Waals surface area contributed by atoms with Gasteiger partial charge in [-0.3, -0.25) is 9.59 Å². The Kier molecular flexibility index (Phi) is 7.48. The number of amides is 2. The summed E-state index contributed by atoms with van der Waals surface area (Å²) in [6.45, 7) is 6.16. The largest absolute Gasteiger partial charge is 0.370 e. The van der Waals surface area contributed by atoms with Crippen LogP contribution >= 0.6 is 11.6 Å². The monoisotopic (exact) mass is 405 g/mol. The SMILES string of the molecule is CC(C)C#CC(C)(O)C(=O)N1CCC[C@H]1C(=O)NCc1cc(Cl)ccc1CN. The predicted molar refractivity (Wildman–Crippen MR) is 109 cm³/mol. The number of rotatable bonds is 5. The van der Waals surface area contributed by atoms with Crippen LogP contribution in [0.3, 0.4) is 0 Å². The Labute approximate surface area is 171 Å². The summed E-state index contributed by atoms with van der Waals surface area (Å²) in [5, 5.41) is 13.9. The van der Waals surface area contributed by atoms with Crippen molar-refractivity contribution in [1.29, 1.82) is 0 Å². The van der Waals surface area contributed by atoms with Gasteiger partial charge in [0, 0.05) is 30.6 Å². The van der Waals surface area contributed by atoms with Crippen molar-refractivity contribution in [2.75, 3.05) is 6.54 Å². The summed E-state index contributed by atoms with van der Waals surface area (Å²) < 4.78 is 0. The standard InChI is InChI=1S/C21H28ClN3O3/c1-14(2)8-9-21(3,28)20(27)25-10-4-5-18(25)19(26)24-13-16-11-17(22)7-6-15(16)12-23/h6-7,11,14,18,28H,4-5,10,12-13,23H2,1-3H3,(H,24,26)/t18-,21?/m0/s1. The summed E-state index contributed by atoms with van der Waals surface area (Å²) >= 11 is 6.04. The highest BCUT2D eigenvalue weighted by Crippen LogP contribution is 2.22. The van der Waals surface area contributed by atoms with Gasteiger partial charge in [0.2, 0.25) is 11.5 Å². The highest BCUT2D eigenvalue weighted by molar-refractivity contribution is 6.30. The molecule has 2 atom stereocenters. The summed E-state index contributed by atoms with van der Waals surface area (Å²) in [6.07, 6.45) is 1.24. The lowest BCUT2D eigenvalue weighted by Crippen LogP contribution is -2.52. The van der Waals surface area contributed by atoms with Crippen LogP contribution in [0.1, 0.15) is 44.7 Å². The lowest BCUT2D eigenvalue weighted by molar-refractivity contribution is -0.148. The zero-order valence-electron chi connectivity index (χ0n) is 16.6. The number of benzene rings is 1. The zero-order chi connectivity index (χ0) is 20.9. The van der Waals surface area contributed by atoms with Gasteiger partial charge in [-0.2, -0.15) is 0 Å². The predicted octanol–water partition coefficient (Wildman–Crippen LogP) is 1.82. The van der Waals surface area contributed by atoms with Crippen LogP contribution in [0.5, 0.6) is 0 Å². The maximum absolute atomic E-state index is 12.8.